The van der Waals surface area contributed by atoms with Gasteiger partial charge < -0.3 is 5.73 Å². The number of hydrogen-bond donors (Lipinski definition) is 2. The van der Waals surface area contributed by atoms with Gasteiger partial charge >= 0.3 is 0 Å². The van der Waals surface area contributed by atoms with Crippen molar-refractivity contribution in [2.75, 3.05) is 0 Å². The number of hydrogen-bond acceptors (Lipinski definition) is 3. The molecule has 2 rings (SSSR count). The second-order valence-corrected chi connectivity index (χ2v) is 4.04. The van der Waals surface area contributed by atoms with Crippen LogP contribution in [-0.4, -0.2) is 16.3 Å². The van der Waals surface area contributed by atoms with E-state index in [0.29, 0.717) is 0 Å². The molecule has 5 heteroatoms. The Morgan fingerprint density at radius 1 is 1.28 bits per heavy atom. The van der Waals surface area contributed by atoms with Crippen LogP contribution in [0.15, 0.2) is 53.9 Å². The molecule has 0 unspecified atom stereocenters. The van der Waals surface area contributed by atoms with Gasteiger partial charge in [0, 0.05) is 18.0 Å². The molecular weight excluding hydrogens is 244 g/mol. The molecule has 0 aliphatic rings. The van der Waals surface area contributed by atoms with Gasteiger partial charge in [-0.05, 0) is 35.5 Å². The summed E-state index contributed by atoms with van der Waals surface area (Å²) in [6.07, 6.45) is 5.24. The average molecular weight is 256 g/mol. The first-order valence-electron chi connectivity index (χ1n) is 5.35. The summed E-state index contributed by atoms with van der Waals surface area (Å²) in [5.74, 6) is 0. The first-order valence-corrected chi connectivity index (χ1v) is 5.75. The highest BCUT2D eigenvalue weighted by Gasteiger charge is 1.97. The average Bonchev–Trinajstić information content (AvgIpc) is 2.40. The lowest BCUT2D eigenvalue weighted by Gasteiger charge is -2.02. The Labute approximate surface area is 111 Å². The first-order chi connectivity index (χ1) is 8.75. The fourth-order valence-electron chi connectivity index (χ4n) is 1.50. The highest BCUT2D eigenvalue weighted by molar-refractivity contribution is 7.80. The van der Waals surface area contributed by atoms with Gasteiger partial charge in [-0.25, -0.2) is 0 Å². The molecule has 0 atom stereocenters. The minimum Gasteiger partial charge on any atom is -0.375 e. The normalized spacial score (nSPS) is 10.4. The molecule has 3 N–H and O–H groups in total. The highest BCUT2D eigenvalue weighted by atomic mass is 32.1. The molecule has 1 aromatic carbocycles. The van der Waals surface area contributed by atoms with Crippen LogP contribution < -0.4 is 11.2 Å². The van der Waals surface area contributed by atoms with E-state index in [2.05, 4.69) is 27.7 Å². The number of nitrogens with two attached hydrogens (primary N) is 1. The molecule has 0 aliphatic heterocycles. The molecule has 0 bridgehead atoms. The Hall–Kier alpha value is -2.27. The molecule has 1 heterocycles. The summed E-state index contributed by atoms with van der Waals surface area (Å²) >= 11 is 4.66. The largest absolute Gasteiger partial charge is 0.375 e. The van der Waals surface area contributed by atoms with Gasteiger partial charge in [-0.3, -0.25) is 10.4 Å². The van der Waals surface area contributed by atoms with Crippen molar-refractivity contribution >= 4 is 23.5 Å². The number of aromatic nitrogens is 1. The zero-order valence-electron chi connectivity index (χ0n) is 9.58. The summed E-state index contributed by atoms with van der Waals surface area (Å²) in [5.41, 5.74) is 10.9. The SMILES string of the molecule is NC(=S)NN=Cc1cccc(-c2cccnc2)c1. The molecule has 4 nitrogen and oxygen atoms in total. The standard InChI is InChI=1S/C13H12N4S/c14-13(18)17-16-8-10-3-1-4-11(7-10)12-5-2-6-15-9-12/h1-9H,(H3,14,17,18). The fourth-order valence-corrected chi connectivity index (χ4v) is 1.56. The molecule has 0 spiro atoms. The Morgan fingerprint density at radius 3 is 2.83 bits per heavy atom. The molecule has 1 aromatic heterocycles. The van der Waals surface area contributed by atoms with Crippen LogP contribution in [-0.2, 0) is 0 Å². The molecule has 2 aromatic rings. The minimum absolute atomic E-state index is 0.148. The molecular formula is C13H12N4S. The van der Waals surface area contributed by atoms with Crippen LogP contribution in [0.2, 0.25) is 0 Å². The summed E-state index contributed by atoms with van der Waals surface area (Å²) in [5, 5.41) is 4.07. The molecule has 0 radical (unpaired) electrons. The molecule has 0 amide bonds. The van der Waals surface area contributed by atoms with E-state index in [4.69, 9.17) is 5.73 Å². The van der Waals surface area contributed by atoms with Gasteiger partial charge in [0.15, 0.2) is 5.11 Å². The van der Waals surface area contributed by atoms with Crippen molar-refractivity contribution in [1.29, 1.82) is 0 Å². The van der Waals surface area contributed by atoms with E-state index < -0.39 is 0 Å². The van der Waals surface area contributed by atoms with E-state index in [1.54, 1.807) is 12.4 Å². The summed E-state index contributed by atoms with van der Waals surface area (Å²) in [7, 11) is 0. The van der Waals surface area contributed by atoms with E-state index in [-0.39, 0.29) is 5.11 Å². The molecule has 0 saturated carbocycles. The number of nitrogens with zero attached hydrogens (tertiary/aromatic N) is 2. The van der Waals surface area contributed by atoms with E-state index >= 15 is 0 Å². The fraction of sp³-hybridized carbons (Fsp3) is 0. The molecule has 90 valence electrons. The minimum atomic E-state index is 0.148. The van der Waals surface area contributed by atoms with Gasteiger partial charge in [0.05, 0.1) is 6.21 Å². The number of rotatable bonds is 3. The van der Waals surface area contributed by atoms with E-state index in [9.17, 15) is 0 Å². The predicted molar refractivity (Wildman–Crippen MR) is 77.2 cm³/mol. The topological polar surface area (TPSA) is 63.3 Å². The van der Waals surface area contributed by atoms with Gasteiger partial charge in [-0.15, -0.1) is 0 Å². The third-order valence-corrected chi connectivity index (χ3v) is 2.36. The van der Waals surface area contributed by atoms with Crippen molar-refractivity contribution in [3.63, 3.8) is 0 Å². The zero-order chi connectivity index (χ0) is 12.8. The Balaban J connectivity index is 2.20. The Bertz CT molecular complexity index is 566. The lowest BCUT2D eigenvalue weighted by molar-refractivity contribution is 1.04. The van der Waals surface area contributed by atoms with Crippen LogP contribution in [0.3, 0.4) is 0 Å². The van der Waals surface area contributed by atoms with Crippen molar-refractivity contribution < 1.29 is 0 Å². The maximum Gasteiger partial charge on any atom is 0.184 e. The smallest absolute Gasteiger partial charge is 0.184 e. The summed E-state index contributed by atoms with van der Waals surface area (Å²) < 4.78 is 0. The van der Waals surface area contributed by atoms with Crippen LogP contribution in [0.4, 0.5) is 0 Å². The zero-order valence-corrected chi connectivity index (χ0v) is 10.4. The lowest BCUT2D eigenvalue weighted by Crippen LogP contribution is -2.23. The highest BCUT2D eigenvalue weighted by Crippen LogP contribution is 2.18. The van der Waals surface area contributed by atoms with Crippen LogP contribution >= 0.6 is 12.2 Å². The van der Waals surface area contributed by atoms with Crippen LogP contribution in [0.5, 0.6) is 0 Å². The van der Waals surface area contributed by atoms with Crippen LogP contribution in [0, 0.1) is 0 Å². The van der Waals surface area contributed by atoms with E-state index in [1.165, 1.54) is 0 Å². The van der Waals surface area contributed by atoms with Gasteiger partial charge in [0.2, 0.25) is 0 Å². The number of benzene rings is 1. The van der Waals surface area contributed by atoms with E-state index in [0.717, 1.165) is 16.7 Å². The summed E-state index contributed by atoms with van der Waals surface area (Å²) in [4.78, 5) is 4.10. The Kier molecular flexibility index (Phi) is 3.98. The lowest BCUT2D eigenvalue weighted by atomic mass is 10.1. The predicted octanol–water partition coefficient (Wildman–Crippen LogP) is 1.92. The molecule has 0 fully saturated rings. The summed E-state index contributed by atoms with van der Waals surface area (Å²) in [6, 6.07) is 11.9. The third kappa shape index (κ3) is 3.36. The van der Waals surface area contributed by atoms with Crippen LogP contribution in [0.1, 0.15) is 5.56 Å². The van der Waals surface area contributed by atoms with Gasteiger partial charge in [-0.2, -0.15) is 5.10 Å². The number of pyridine rings is 1. The summed E-state index contributed by atoms with van der Waals surface area (Å²) in [6.45, 7) is 0. The van der Waals surface area contributed by atoms with Gasteiger partial charge in [0.1, 0.15) is 0 Å². The van der Waals surface area contributed by atoms with Crippen molar-refractivity contribution in [3.8, 4) is 11.1 Å². The number of nitrogens with one attached hydrogen (secondary N) is 1. The van der Waals surface area contributed by atoms with Gasteiger partial charge in [0.25, 0.3) is 0 Å². The maximum absolute atomic E-state index is 5.28. The second kappa shape index (κ2) is 5.88. The Morgan fingerprint density at radius 2 is 2.11 bits per heavy atom. The molecule has 0 saturated heterocycles. The van der Waals surface area contributed by atoms with Crippen molar-refractivity contribution in [1.82, 2.24) is 10.4 Å². The quantitative estimate of drug-likeness (QED) is 0.500. The number of thiocarbonyl (C=S) groups is 1. The van der Waals surface area contributed by atoms with E-state index in [1.807, 2.05) is 42.6 Å². The molecule has 0 aliphatic carbocycles. The second-order valence-electron chi connectivity index (χ2n) is 3.60. The number of hydrazone groups is 1. The van der Waals surface area contributed by atoms with Crippen molar-refractivity contribution in [2.24, 2.45) is 10.8 Å². The monoisotopic (exact) mass is 256 g/mol. The van der Waals surface area contributed by atoms with Gasteiger partial charge in [-0.1, -0.05) is 24.3 Å². The van der Waals surface area contributed by atoms with Crippen molar-refractivity contribution in [2.45, 2.75) is 0 Å². The molecule has 18 heavy (non-hydrogen) atoms. The van der Waals surface area contributed by atoms with Crippen molar-refractivity contribution in [3.05, 3.63) is 54.4 Å². The maximum atomic E-state index is 5.28. The third-order valence-electron chi connectivity index (χ3n) is 2.27. The first kappa shape index (κ1) is 12.2. The van der Waals surface area contributed by atoms with Crippen LogP contribution in [0.25, 0.3) is 11.1 Å².